The van der Waals surface area contributed by atoms with Crippen molar-refractivity contribution >= 4 is 51.5 Å². The largest absolute Gasteiger partial charge is 0.355 e. The molecule has 0 radical (unpaired) electrons. The van der Waals surface area contributed by atoms with Gasteiger partial charge in [0, 0.05) is 21.7 Å². The van der Waals surface area contributed by atoms with Crippen LogP contribution in [0.1, 0.15) is 10.4 Å². The number of benzene rings is 2. The topological polar surface area (TPSA) is 66.3 Å². The van der Waals surface area contributed by atoms with E-state index < -0.39 is 5.91 Å². The molecule has 3 aromatic rings. The maximum absolute atomic E-state index is 12.0. The standard InChI is InChI=1S/C17H13ClIN3O2/c18-14-9-13(17(23)21-24)15(10-16(14)22-7-1-2-8-22)20-12-5-3-11(19)4-6-12/h1-10,20,24H,(H,21,23). The molecule has 1 heterocycles. The molecule has 3 N–H and O–H groups in total. The van der Waals surface area contributed by atoms with Gasteiger partial charge in [-0.05, 0) is 71.1 Å². The van der Waals surface area contributed by atoms with Crippen LogP contribution in [0.2, 0.25) is 5.02 Å². The lowest BCUT2D eigenvalue weighted by molar-refractivity contribution is 0.0707. The number of hydroxylamine groups is 1. The van der Waals surface area contributed by atoms with Crippen LogP contribution >= 0.6 is 34.2 Å². The minimum atomic E-state index is -0.635. The smallest absolute Gasteiger partial charge is 0.276 e. The Morgan fingerprint density at radius 3 is 2.42 bits per heavy atom. The van der Waals surface area contributed by atoms with Crippen molar-refractivity contribution in [2.24, 2.45) is 0 Å². The third kappa shape index (κ3) is 3.55. The van der Waals surface area contributed by atoms with Gasteiger partial charge < -0.3 is 9.88 Å². The van der Waals surface area contributed by atoms with Crippen molar-refractivity contribution in [3.05, 3.63) is 75.1 Å². The van der Waals surface area contributed by atoms with E-state index in [2.05, 4.69) is 27.9 Å². The zero-order valence-corrected chi connectivity index (χ0v) is 15.2. The number of halogens is 2. The van der Waals surface area contributed by atoms with Crippen LogP contribution in [0.25, 0.3) is 5.69 Å². The Morgan fingerprint density at radius 1 is 1.12 bits per heavy atom. The fourth-order valence-corrected chi connectivity index (χ4v) is 2.92. The second kappa shape index (κ2) is 7.25. The monoisotopic (exact) mass is 453 g/mol. The Morgan fingerprint density at radius 2 is 1.79 bits per heavy atom. The first-order valence-corrected chi connectivity index (χ1v) is 8.48. The van der Waals surface area contributed by atoms with Gasteiger partial charge in [-0.1, -0.05) is 11.6 Å². The Balaban J connectivity index is 2.08. The summed E-state index contributed by atoms with van der Waals surface area (Å²) in [5.74, 6) is -0.635. The maximum Gasteiger partial charge on any atom is 0.276 e. The highest BCUT2D eigenvalue weighted by atomic mass is 127. The summed E-state index contributed by atoms with van der Waals surface area (Å²) in [5.41, 5.74) is 3.99. The van der Waals surface area contributed by atoms with Crippen LogP contribution < -0.4 is 10.8 Å². The third-order valence-corrected chi connectivity index (χ3v) is 4.46. The normalized spacial score (nSPS) is 10.5. The van der Waals surface area contributed by atoms with Crippen LogP contribution in [0.15, 0.2) is 60.9 Å². The van der Waals surface area contributed by atoms with E-state index in [1.165, 1.54) is 6.07 Å². The first-order chi connectivity index (χ1) is 11.6. The van der Waals surface area contributed by atoms with Crippen molar-refractivity contribution in [2.45, 2.75) is 0 Å². The van der Waals surface area contributed by atoms with Crippen LogP contribution in [0, 0.1) is 3.57 Å². The number of aromatic nitrogens is 1. The Kier molecular flexibility index (Phi) is 5.08. The first kappa shape index (κ1) is 16.8. The molecule has 3 rings (SSSR count). The predicted octanol–water partition coefficient (Wildman–Crippen LogP) is 4.60. The number of anilines is 2. The van der Waals surface area contributed by atoms with E-state index in [0.29, 0.717) is 10.7 Å². The van der Waals surface area contributed by atoms with Crippen LogP contribution in [-0.4, -0.2) is 15.7 Å². The molecule has 0 spiro atoms. The molecule has 5 nitrogen and oxygen atoms in total. The van der Waals surface area contributed by atoms with Crippen molar-refractivity contribution in [1.82, 2.24) is 10.0 Å². The molecule has 1 aromatic heterocycles. The fourth-order valence-electron chi connectivity index (χ4n) is 2.30. The number of nitrogens with zero attached hydrogens (tertiary/aromatic N) is 1. The van der Waals surface area contributed by atoms with Crippen LogP contribution in [0.4, 0.5) is 11.4 Å². The summed E-state index contributed by atoms with van der Waals surface area (Å²) in [6.07, 6.45) is 3.73. The number of carbonyl (C=O) groups excluding carboxylic acids is 1. The average Bonchev–Trinajstić information content (AvgIpc) is 3.11. The summed E-state index contributed by atoms with van der Waals surface area (Å²) in [6.45, 7) is 0. The average molecular weight is 454 g/mol. The summed E-state index contributed by atoms with van der Waals surface area (Å²) in [7, 11) is 0. The Hall–Kier alpha value is -2.03. The molecule has 2 aromatic carbocycles. The van der Waals surface area contributed by atoms with E-state index in [1.54, 1.807) is 11.5 Å². The van der Waals surface area contributed by atoms with Gasteiger partial charge in [0.2, 0.25) is 0 Å². The van der Waals surface area contributed by atoms with E-state index in [0.717, 1.165) is 14.9 Å². The molecular formula is C17H13ClIN3O2. The molecule has 7 heteroatoms. The molecule has 0 saturated heterocycles. The lowest BCUT2D eigenvalue weighted by Gasteiger charge is -2.15. The van der Waals surface area contributed by atoms with Gasteiger partial charge in [0.15, 0.2) is 0 Å². The van der Waals surface area contributed by atoms with E-state index in [9.17, 15) is 4.79 Å². The molecule has 24 heavy (non-hydrogen) atoms. The summed E-state index contributed by atoms with van der Waals surface area (Å²) >= 11 is 8.53. The molecule has 0 aliphatic carbocycles. The van der Waals surface area contributed by atoms with Crippen molar-refractivity contribution in [1.29, 1.82) is 0 Å². The van der Waals surface area contributed by atoms with Gasteiger partial charge in [0.1, 0.15) is 0 Å². The number of amides is 1. The minimum Gasteiger partial charge on any atom is -0.355 e. The molecule has 0 aliphatic rings. The predicted molar refractivity (Wildman–Crippen MR) is 102 cm³/mol. The van der Waals surface area contributed by atoms with Gasteiger partial charge in [-0.2, -0.15) is 0 Å². The highest BCUT2D eigenvalue weighted by molar-refractivity contribution is 14.1. The Labute approximate surface area is 157 Å². The lowest BCUT2D eigenvalue weighted by Crippen LogP contribution is -2.20. The second-order valence-corrected chi connectivity index (χ2v) is 6.67. The second-order valence-electron chi connectivity index (χ2n) is 5.01. The van der Waals surface area contributed by atoms with Crippen molar-refractivity contribution in [2.75, 3.05) is 5.32 Å². The molecule has 0 fully saturated rings. The Bertz CT molecular complexity index is 864. The van der Waals surface area contributed by atoms with Crippen LogP contribution in [-0.2, 0) is 0 Å². The molecule has 1 amide bonds. The van der Waals surface area contributed by atoms with E-state index >= 15 is 0 Å². The first-order valence-electron chi connectivity index (χ1n) is 7.02. The molecule has 0 aliphatic heterocycles. The van der Waals surface area contributed by atoms with E-state index in [-0.39, 0.29) is 5.56 Å². The quantitative estimate of drug-likeness (QED) is 0.307. The minimum absolute atomic E-state index is 0.247. The van der Waals surface area contributed by atoms with Crippen LogP contribution in [0.3, 0.4) is 0 Å². The maximum atomic E-state index is 12.0. The van der Waals surface area contributed by atoms with Gasteiger partial charge in [-0.25, -0.2) is 5.48 Å². The number of hydrogen-bond donors (Lipinski definition) is 3. The summed E-state index contributed by atoms with van der Waals surface area (Å²) in [4.78, 5) is 12.0. The van der Waals surface area contributed by atoms with Gasteiger partial charge in [0.25, 0.3) is 5.91 Å². The zero-order valence-electron chi connectivity index (χ0n) is 12.3. The molecule has 0 bridgehead atoms. The van der Waals surface area contributed by atoms with Crippen LogP contribution in [0.5, 0.6) is 0 Å². The SMILES string of the molecule is O=C(NO)c1cc(Cl)c(-n2cccc2)cc1Nc1ccc(I)cc1. The van der Waals surface area contributed by atoms with Crippen molar-refractivity contribution in [3.8, 4) is 5.69 Å². The molecular weight excluding hydrogens is 441 g/mol. The fraction of sp³-hybridized carbons (Fsp3) is 0. The van der Waals surface area contributed by atoms with E-state index in [1.807, 2.05) is 53.4 Å². The number of hydrogen-bond acceptors (Lipinski definition) is 3. The highest BCUT2D eigenvalue weighted by Crippen LogP contribution is 2.30. The number of carbonyl (C=O) groups is 1. The summed E-state index contributed by atoms with van der Waals surface area (Å²) < 4.78 is 2.96. The van der Waals surface area contributed by atoms with Crippen molar-refractivity contribution in [3.63, 3.8) is 0 Å². The van der Waals surface area contributed by atoms with Gasteiger partial charge in [-0.15, -0.1) is 0 Å². The van der Waals surface area contributed by atoms with Gasteiger partial charge >= 0.3 is 0 Å². The van der Waals surface area contributed by atoms with Gasteiger partial charge in [-0.3, -0.25) is 10.0 Å². The number of rotatable bonds is 4. The summed E-state index contributed by atoms with van der Waals surface area (Å²) in [6, 6.07) is 14.8. The molecule has 0 atom stereocenters. The third-order valence-electron chi connectivity index (χ3n) is 3.44. The lowest BCUT2D eigenvalue weighted by atomic mass is 10.1. The zero-order chi connectivity index (χ0) is 17.1. The van der Waals surface area contributed by atoms with Crippen molar-refractivity contribution < 1.29 is 10.0 Å². The molecule has 0 saturated carbocycles. The molecule has 122 valence electrons. The summed E-state index contributed by atoms with van der Waals surface area (Å²) in [5, 5.41) is 12.6. The van der Waals surface area contributed by atoms with E-state index in [4.69, 9.17) is 16.8 Å². The number of nitrogens with one attached hydrogen (secondary N) is 2. The molecule has 0 unspecified atom stereocenters. The van der Waals surface area contributed by atoms with Gasteiger partial charge in [0.05, 0.1) is 22.0 Å². The highest BCUT2D eigenvalue weighted by Gasteiger charge is 2.16.